The van der Waals surface area contributed by atoms with Gasteiger partial charge in [0.2, 0.25) is 0 Å². The molecule has 0 N–H and O–H groups in total. The Kier molecular flexibility index (Phi) is 8.06. The lowest BCUT2D eigenvalue weighted by molar-refractivity contribution is -0.140. The normalized spacial score (nSPS) is 11.9. The fraction of sp³-hybridized carbons (Fsp3) is 0.350. The maximum atomic E-state index is 12.0. The predicted molar refractivity (Wildman–Crippen MR) is 114 cm³/mol. The number of methoxy groups -OCH3 is 1. The van der Waals surface area contributed by atoms with Crippen LogP contribution in [0.25, 0.3) is 0 Å². The smallest absolute Gasteiger partial charge is 0.319 e. The van der Waals surface area contributed by atoms with Gasteiger partial charge in [0, 0.05) is 18.9 Å². The number of carbonyl (C=O) groups is 1. The Morgan fingerprint density at radius 3 is 2.59 bits per heavy atom. The molecule has 0 saturated carbocycles. The second-order valence-electron chi connectivity index (χ2n) is 6.14. The molecule has 3 aromatic rings. The van der Waals surface area contributed by atoms with E-state index in [1.165, 1.54) is 36.2 Å². The number of hydrogen-bond acceptors (Lipinski definition) is 8. The van der Waals surface area contributed by atoms with Gasteiger partial charge >= 0.3 is 5.97 Å². The van der Waals surface area contributed by atoms with Crippen molar-refractivity contribution in [1.82, 2.24) is 24.7 Å². The zero-order valence-electron chi connectivity index (χ0n) is 16.4. The number of nitrogens with zero attached hydrogens (tertiary/aromatic N) is 5. The van der Waals surface area contributed by atoms with E-state index in [9.17, 15) is 4.79 Å². The van der Waals surface area contributed by atoms with Crippen LogP contribution in [0.1, 0.15) is 24.7 Å². The van der Waals surface area contributed by atoms with Gasteiger partial charge in [0.05, 0.1) is 12.9 Å². The highest BCUT2D eigenvalue weighted by atomic mass is 32.2. The van der Waals surface area contributed by atoms with E-state index in [1.807, 2.05) is 25.1 Å². The van der Waals surface area contributed by atoms with Gasteiger partial charge in [-0.2, -0.15) is 0 Å². The fourth-order valence-electron chi connectivity index (χ4n) is 2.67. The number of aryl methyl sites for hydroxylation is 1. The lowest BCUT2D eigenvalue weighted by atomic mass is 10.1. The molecular weight excluding hydrogens is 406 g/mol. The minimum Gasteiger partial charge on any atom is -0.468 e. The minimum absolute atomic E-state index is 0.247. The summed E-state index contributed by atoms with van der Waals surface area (Å²) in [7, 11) is 1.41. The molecule has 0 bridgehead atoms. The van der Waals surface area contributed by atoms with Crippen LogP contribution < -0.4 is 0 Å². The van der Waals surface area contributed by atoms with Crippen molar-refractivity contribution in [2.45, 2.75) is 47.6 Å². The number of carbonyl (C=O) groups excluding carboxylic acids is 1. The molecule has 7 nitrogen and oxygen atoms in total. The summed E-state index contributed by atoms with van der Waals surface area (Å²) in [5.41, 5.74) is 1.24. The monoisotopic (exact) mass is 429 g/mol. The van der Waals surface area contributed by atoms with E-state index >= 15 is 0 Å². The van der Waals surface area contributed by atoms with Gasteiger partial charge in [-0.1, -0.05) is 60.8 Å². The van der Waals surface area contributed by atoms with Gasteiger partial charge in [0.15, 0.2) is 10.3 Å². The topological polar surface area (TPSA) is 82.8 Å². The molecule has 2 aromatic heterocycles. The van der Waals surface area contributed by atoms with Gasteiger partial charge in [-0.3, -0.25) is 4.79 Å². The Labute approximate surface area is 178 Å². The van der Waals surface area contributed by atoms with Crippen LogP contribution in [-0.4, -0.2) is 43.1 Å². The van der Waals surface area contributed by atoms with Gasteiger partial charge in [-0.15, -0.1) is 10.2 Å². The molecule has 0 fully saturated rings. The van der Waals surface area contributed by atoms with Crippen molar-refractivity contribution in [2.24, 2.45) is 0 Å². The van der Waals surface area contributed by atoms with Crippen LogP contribution in [0.4, 0.5) is 0 Å². The summed E-state index contributed by atoms with van der Waals surface area (Å²) in [4.78, 5) is 20.5. The summed E-state index contributed by atoms with van der Waals surface area (Å²) in [5, 5.41) is 9.85. The Bertz CT molecular complexity index is 906. The lowest BCUT2D eigenvalue weighted by Crippen LogP contribution is -2.19. The van der Waals surface area contributed by atoms with E-state index < -0.39 is 0 Å². The van der Waals surface area contributed by atoms with E-state index in [4.69, 9.17) is 4.74 Å². The van der Waals surface area contributed by atoms with Gasteiger partial charge in [0.1, 0.15) is 11.1 Å². The van der Waals surface area contributed by atoms with Crippen LogP contribution in [0.2, 0.25) is 0 Å². The van der Waals surface area contributed by atoms with Gasteiger partial charge < -0.3 is 9.30 Å². The average Bonchev–Trinajstić information content (AvgIpc) is 3.16. The second kappa shape index (κ2) is 11.0. The largest absolute Gasteiger partial charge is 0.468 e. The number of ether oxygens (including phenoxy) is 1. The van der Waals surface area contributed by atoms with Gasteiger partial charge in [0.25, 0.3) is 0 Å². The molecule has 152 valence electrons. The maximum Gasteiger partial charge on any atom is 0.319 e. The van der Waals surface area contributed by atoms with E-state index in [1.54, 1.807) is 18.5 Å². The molecule has 1 aromatic carbocycles. The van der Waals surface area contributed by atoms with E-state index in [0.29, 0.717) is 17.3 Å². The average molecular weight is 430 g/mol. The molecule has 9 heteroatoms. The lowest BCUT2D eigenvalue weighted by Gasteiger charge is -2.14. The highest BCUT2D eigenvalue weighted by Crippen LogP contribution is 2.27. The van der Waals surface area contributed by atoms with Crippen LogP contribution in [0.3, 0.4) is 0 Å². The fourth-order valence-corrected chi connectivity index (χ4v) is 4.44. The third kappa shape index (κ3) is 6.04. The molecule has 1 unspecified atom stereocenters. The van der Waals surface area contributed by atoms with Crippen molar-refractivity contribution in [3.8, 4) is 0 Å². The first-order chi connectivity index (χ1) is 14.2. The molecular formula is C20H23N5O2S2. The van der Waals surface area contributed by atoms with E-state index in [2.05, 4.69) is 36.9 Å². The molecule has 2 heterocycles. The molecule has 0 spiro atoms. The molecule has 29 heavy (non-hydrogen) atoms. The number of hydrogen-bond donors (Lipinski definition) is 0. The van der Waals surface area contributed by atoms with Crippen molar-refractivity contribution >= 4 is 29.5 Å². The summed E-state index contributed by atoms with van der Waals surface area (Å²) in [6.45, 7) is 2.69. The van der Waals surface area contributed by atoms with Crippen molar-refractivity contribution in [2.75, 3.05) is 7.11 Å². The van der Waals surface area contributed by atoms with Crippen LogP contribution in [0.5, 0.6) is 0 Å². The Morgan fingerprint density at radius 1 is 1.14 bits per heavy atom. The Morgan fingerprint density at radius 2 is 1.90 bits per heavy atom. The standard InChI is InChI=1S/C20H23N5O2S2/c1-3-16(18(26)27-2)29-20-24-23-17(14-28-19-21-11-7-12-22-19)25(20)13-10-15-8-5-4-6-9-15/h4-9,11-12,16H,3,10,13-14H2,1-2H3. The molecule has 0 amide bonds. The number of benzene rings is 1. The Hall–Kier alpha value is -2.39. The van der Waals surface area contributed by atoms with Crippen LogP contribution in [0, 0.1) is 0 Å². The SMILES string of the molecule is CCC(Sc1nnc(CSc2ncccn2)n1CCc1ccccc1)C(=O)OC. The molecule has 0 aliphatic rings. The number of esters is 1. The van der Waals surface area contributed by atoms with Crippen molar-refractivity contribution in [3.63, 3.8) is 0 Å². The molecule has 3 rings (SSSR count). The first-order valence-corrected chi connectivity index (χ1v) is 11.2. The molecule has 1 atom stereocenters. The first kappa shape index (κ1) is 21.3. The summed E-state index contributed by atoms with van der Waals surface area (Å²) in [5.74, 6) is 1.19. The van der Waals surface area contributed by atoms with Crippen molar-refractivity contribution in [3.05, 3.63) is 60.2 Å². The molecule has 0 aliphatic heterocycles. The quantitative estimate of drug-likeness (QED) is 0.274. The zero-order chi connectivity index (χ0) is 20.5. The maximum absolute atomic E-state index is 12.0. The summed E-state index contributed by atoms with van der Waals surface area (Å²) in [6, 6.07) is 12.1. The highest BCUT2D eigenvalue weighted by Gasteiger charge is 2.23. The zero-order valence-corrected chi connectivity index (χ0v) is 18.0. The third-order valence-electron chi connectivity index (χ3n) is 4.22. The van der Waals surface area contributed by atoms with E-state index in [0.717, 1.165) is 23.9 Å². The van der Waals surface area contributed by atoms with Crippen molar-refractivity contribution in [1.29, 1.82) is 0 Å². The minimum atomic E-state index is -0.308. The Balaban J connectivity index is 1.78. The first-order valence-electron chi connectivity index (χ1n) is 9.31. The molecule has 0 aliphatic carbocycles. The van der Waals surface area contributed by atoms with Crippen LogP contribution in [0.15, 0.2) is 59.1 Å². The summed E-state index contributed by atoms with van der Waals surface area (Å²) < 4.78 is 7.00. The van der Waals surface area contributed by atoms with Crippen molar-refractivity contribution < 1.29 is 9.53 Å². The van der Waals surface area contributed by atoms with E-state index in [-0.39, 0.29) is 11.2 Å². The van der Waals surface area contributed by atoms with Gasteiger partial charge in [-0.25, -0.2) is 9.97 Å². The third-order valence-corrected chi connectivity index (χ3v) is 6.41. The van der Waals surface area contributed by atoms with Crippen LogP contribution in [-0.2, 0) is 28.2 Å². The van der Waals surface area contributed by atoms with Gasteiger partial charge in [-0.05, 0) is 24.5 Å². The second-order valence-corrected chi connectivity index (χ2v) is 8.26. The summed E-state index contributed by atoms with van der Waals surface area (Å²) in [6.07, 6.45) is 4.95. The van der Waals surface area contributed by atoms with Crippen LogP contribution >= 0.6 is 23.5 Å². The molecule has 0 saturated heterocycles. The highest BCUT2D eigenvalue weighted by molar-refractivity contribution is 8.00. The number of thioether (sulfide) groups is 2. The summed E-state index contributed by atoms with van der Waals surface area (Å²) >= 11 is 2.91. The number of aromatic nitrogens is 5. The predicted octanol–water partition coefficient (Wildman–Crippen LogP) is 3.65. The molecule has 0 radical (unpaired) electrons. The number of rotatable bonds is 10.